The minimum atomic E-state index is -0.641. The van der Waals surface area contributed by atoms with Gasteiger partial charge in [0.25, 0.3) is 5.91 Å². The van der Waals surface area contributed by atoms with E-state index in [0.717, 1.165) is 11.1 Å². The van der Waals surface area contributed by atoms with E-state index in [1.807, 2.05) is 44.2 Å². The third kappa shape index (κ3) is 5.86. The average molecular weight is 543 g/mol. The second-order valence-electron chi connectivity index (χ2n) is 10.2. The molecule has 0 fully saturated rings. The molecule has 7 nitrogen and oxygen atoms in total. The van der Waals surface area contributed by atoms with Gasteiger partial charge in [0.2, 0.25) is 5.91 Å². The van der Waals surface area contributed by atoms with Gasteiger partial charge in [0, 0.05) is 24.7 Å². The highest BCUT2D eigenvalue weighted by atomic mass is 19.1. The first-order valence-electron chi connectivity index (χ1n) is 13.2. The summed E-state index contributed by atoms with van der Waals surface area (Å²) in [4.78, 5) is 26.1. The Morgan fingerprint density at radius 1 is 1.00 bits per heavy atom. The smallest absolute Gasteiger partial charge is 0.251 e. The molecule has 2 unspecified atom stereocenters. The fourth-order valence-electron chi connectivity index (χ4n) is 4.72. The highest BCUT2D eigenvalue weighted by molar-refractivity contribution is 5.96. The van der Waals surface area contributed by atoms with Crippen LogP contribution in [0.15, 0.2) is 83.5 Å². The standard InChI is InChI=1S/C32H31FN2O5/c1-19(2)17-35-31(36)23-13-22(14-26(15-23)39-18-25-5-4-12-38-25)21-8-11-28-27(16-21)29(32(37)34-3)30(40-28)20-6-9-24(33)10-7-20/h4-16,19,29-30H,17-18H2,1-3H3,(H,34,37)(H,35,36). The molecule has 1 aliphatic rings. The van der Waals surface area contributed by atoms with Crippen LogP contribution in [0.25, 0.3) is 11.1 Å². The predicted molar refractivity (Wildman–Crippen MR) is 149 cm³/mol. The van der Waals surface area contributed by atoms with Crippen molar-refractivity contribution in [2.45, 2.75) is 32.5 Å². The van der Waals surface area contributed by atoms with Crippen molar-refractivity contribution in [2.75, 3.05) is 13.6 Å². The van der Waals surface area contributed by atoms with E-state index >= 15 is 0 Å². The first-order chi connectivity index (χ1) is 19.3. The van der Waals surface area contributed by atoms with Gasteiger partial charge in [-0.05, 0) is 77.2 Å². The van der Waals surface area contributed by atoms with Crippen LogP contribution in [0.4, 0.5) is 4.39 Å². The van der Waals surface area contributed by atoms with Crippen molar-refractivity contribution < 1.29 is 27.9 Å². The molecule has 2 amide bonds. The second-order valence-corrected chi connectivity index (χ2v) is 10.2. The van der Waals surface area contributed by atoms with Crippen molar-refractivity contribution in [2.24, 2.45) is 5.92 Å². The number of nitrogens with one attached hydrogen (secondary N) is 2. The summed E-state index contributed by atoms with van der Waals surface area (Å²) >= 11 is 0. The zero-order valence-electron chi connectivity index (χ0n) is 22.6. The lowest BCUT2D eigenvalue weighted by Crippen LogP contribution is -2.28. The molecule has 2 heterocycles. The van der Waals surface area contributed by atoms with E-state index in [-0.39, 0.29) is 24.2 Å². The number of amides is 2. The Labute approximate surface area is 232 Å². The summed E-state index contributed by atoms with van der Waals surface area (Å²) in [6, 6.07) is 20.5. The maximum absolute atomic E-state index is 13.6. The van der Waals surface area contributed by atoms with Crippen molar-refractivity contribution in [3.63, 3.8) is 0 Å². The van der Waals surface area contributed by atoms with E-state index in [0.29, 0.717) is 46.4 Å². The van der Waals surface area contributed by atoms with Gasteiger partial charge < -0.3 is 24.5 Å². The number of halogens is 1. The van der Waals surface area contributed by atoms with Crippen molar-refractivity contribution in [1.29, 1.82) is 0 Å². The Bertz CT molecular complexity index is 1500. The molecule has 2 atom stereocenters. The molecule has 0 radical (unpaired) electrons. The molecular formula is C32H31FN2O5. The van der Waals surface area contributed by atoms with Crippen LogP contribution in [-0.2, 0) is 11.4 Å². The Balaban J connectivity index is 1.51. The van der Waals surface area contributed by atoms with Crippen LogP contribution in [0.5, 0.6) is 11.5 Å². The topological polar surface area (TPSA) is 89.8 Å². The normalized spacial score (nSPS) is 15.8. The number of hydrogen-bond acceptors (Lipinski definition) is 5. The van der Waals surface area contributed by atoms with Crippen LogP contribution in [0.1, 0.15) is 53.1 Å². The fraction of sp³-hybridized carbons (Fsp3) is 0.250. The van der Waals surface area contributed by atoms with E-state index in [9.17, 15) is 14.0 Å². The molecule has 1 aromatic heterocycles. The first kappa shape index (κ1) is 27.0. The molecule has 4 aromatic rings. The molecular weight excluding hydrogens is 511 g/mol. The number of furan rings is 1. The molecule has 0 spiro atoms. The van der Waals surface area contributed by atoms with Crippen LogP contribution in [0.2, 0.25) is 0 Å². The highest BCUT2D eigenvalue weighted by Gasteiger charge is 2.40. The van der Waals surface area contributed by atoms with Gasteiger partial charge in [0.15, 0.2) is 0 Å². The van der Waals surface area contributed by atoms with Crippen LogP contribution in [0, 0.1) is 11.7 Å². The van der Waals surface area contributed by atoms with Crippen molar-refractivity contribution in [1.82, 2.24) is 10.6 Å². The van der Waals surface area contributed by atoms with E-state index < -0.39 is 12.0 Å². The Kier molecular flexibility index (Phi) is 7.86. The quantitative estimate of drug-likeness (QED) is 0.270. The summed E-state index contributed by atoms with van der Waals surface area (Å²) in [5.74, 6) is 0.620. The third-order valence-corrected chi connectivity index (χ3v) is 6.76. The van der Waals surface area contributed by atoms with E-state index in [4.69, 9.17) is 13.9 Å². The fourth-order valence-corrected chi connectivity index (χ4v) is 4.72. The molecule has 3 aromatic carbocycles. The van der Waals surface area contributed by atoms with Gasteiger partial charge in [-0.1, -0.05) is 32.0 Å². The SMILES string of the molecule is CNC(=O)C1c2cc(-c3cc(OCc4ccco4)cc(C(=O)NCC(C)C)c3)ccc2OC1c1ccc(F)cc1. The molecule has 206 valence electrons. The van der Waals surface area contributed by atoms with Gasteiger partial charge in [-0.2, -0.15) is 0 Å². The minimum Gasteiger partial charge on any atom is -0.486 e. The number of benzene rings is 3. The molecule has 0 aliphatic carbocycles. The van der Waals surface area contributed by atoms with Crippen molar-refractivity contribution >= 4 is 11.8 Å². The largest absolute Gasteiger partial charge is 0.486 e. The lowest BCUT2D eigenvalue weighted by molar-refractivity contribution is -0.123. The number of carbonyl (C=O) groups is 2. The third-order valence-electron chi connectivity index (χ3n) is 6.76. The molecule has 2 N–H and O–H groups in total. The number of hydrogen-bond donors (Lipinski definition) is 2. The molecule has 1 aliphatic heterocycles. The zero-order valence-corrected chi connectivity index (χ0v) is 22.6. The summed E-state index contributed by atoms with van der Waals surface area (Å²) in [7, 11) is 1.58. The van der Waals surface area contributed by atoms with E-state index in [1.54, 1.807) is 43.6 Å². The van der Waals surface area contributed by atoms with Gasteiger partial charge >= 0.3 is 0 Å². The maximum atomic E-state index is 13.6. The molecule has 0 saturated heterocycles. The summed E-state index contributed by atoms with van der Waals surface area (Å²) in [6.45, 7) is 4.81. The predicted octanol–water partition coefficient (Wildman–Crippen LogP) is 6.01. The van der Waals surface area contributed by atoms with Crippen LogP contribution < -0.4 is 20.1 Å². The monoisotopic (exact) mass is 542 g/mol. The Hall–Kier alpha value is -4.59. The number of likely N-dealkylation sites (N-methyl/N-ethyl adjacent to an activating group) is 1. The van der Waals surface area contributed by atoms with Crippen molar-refractivity contribution in [3.05, 3.63) is 107 Å². The molecule has 0 bridgehead atoms. The van der Waals surface area contributed by atoms with E-state index in [1.165, 1.54) is 12.1 Å². The van der Waals surface area contributed by atoms with E-state index in [2.05, 4.69) is 10.6 Å². The van der Waals surface area contributed by atoms with Crippen LogP contribution in [-0.4, -0.2) is 25.4 Å². The Morgan fingerprint density at radius 3 is 2.50 bits per heavy atom. The summed E-state index contributed by atoms with van der Waals surface area (Å²) in [5, 5.41) is 5.69. The van der Waals surface area contributed by atoms with Gasteiger partial charge in [-0.25, -0.2) is 4.39 Å². The Morgan fingerprint density at radius 2 is 1.80 bits per heavy atom. The van der Waals surface area contributed by atoms with Crippen molar-refractivity contribution in [3.8, 4) is 22.6 Å². The lowest BCUT2D eigenvalue weighted by Gasteiger charge is -2.18. The number of rotatable bonds is 9. The summed E-state index contributed by atoms with van der Waals surface area (Å²) < 4.78 is 31.2. The second kappa shape index (κ2) is 11.7. The maximum Gasteiger partial charge on any atom is 0.251 e. The first-order valence-corrected chi connectivity index (χ1v) is 13.2. The van der Waals surface area contributed by atoms with Crippen LogP contribution in [0.3, 0.4) is 0 Å². The average Bonchev–Trinajstić information content (AvgIpc) is 3.62. The van der Waals surface area contributed by atoms with Gasteiger partial charge in [-0.3, -0.25) is 9.59 Å². The van der Waals surface area contributed by atoms with Gasteiger partial charge in [0.05, 0.1) is 6.26 Å². The number of fused-ring (bicyclic) bond motifs is 1. The number of ether oxygens (including phenoxy) is 2. The molecule has 8 heteroatoms. The number of carbonyl (C=O) groups excluding carboxylic acids is 2. The van der Waals surface area contributed by atoms with Gasteiger partial charge in [0.1, 0.15) is 41.7 Å². The van der Waals surface area contributed by atoms with Crippen LogP contribution >= 0.6 is 0 Å². The lowest BCUT2D eigenvalue weighted by atomic mass is 9.88. The minimum absolute atomic E-state index is 0.206. The highest BCUT2D eigenvalue weighted by Crippen LogP contribution is 2.47. The summed E-state index contributed by atoms with van der Waals surface area (Å²) in [6.07, 6.45) is 0.973. The summed E-state index contributed by atoms with van der Waals surface area (Å²) in [5.41, 5.74) is 3.40. The van der Waals surface area contributed by atoms with Gasteiger partial charge in [-0.15, -0.1) is 0 Å². The zero-order chi connectivity index (χ0) is 28.2. The molecule has 40 heavy (non-hydrogen) atoms. The molecule has 0 saturated carbocycles. The molecule has 5 rings (SSSR count).